The van der Waals surface area contributed by atoms with Gasteiger partial charge in [0.2, 0.25) is 11.9 Å². The van der Waals surface area contributed by atoms with Crippen LogP contribution in [0.4, 0.5) is 27.9 Å². The zero-order chi connectivity index (χ0) is 24.3. The Morgan fingerprint density at radius 3 is 2.65 bits per heavy atom. The molecule has 3 aromatic rings. The molecule has 0 atom stereocenters. The van der Waals surface area contributed by atoms with Gasteiger partial charge in [0.15, 0.2) is 11.4 Å². The van der Waals surface area contributed by atoms with E-state index in [2.05, 4.69) is 20.5 Å². The number of nitrogens with one attached hydrogen (secondary N) is 2. The van der Waals surface area contributed by atoms with Crippen LogP contribution in [0.15, 0.2) is 34.9 Å². The lowest BCUT2D eigenvalue weighted by molar-refractivity contribution is -0.119. The number of nitrogens with zero attached hydrogens (tertiary/aromatic N) is 4. The lowest BCUT2D eigenvalue weighted by Gasteiger charge is -2.44. The van der Waals surface area contributed by atoms with Gasteiger partial charge < -0.3 is 30.0 Å². The Bertz CT molecular complexity index is 1290. The number of carbonyl (C=O) groups excluding carboxylic acids is 1. The Balaban J connectivity index is 1.41. The van der Waals surface area contributed by atoms with Gasteiger partial charge in [-0.3, -0.25) is 4.79 Å². The summed E-state index contributed by atoms with van der Waals surface area (Å²) in [5, 5.41) is 15.6. The normalized spacial score (nSPS) is 18.5. The van der Waals surface area contributed by atoms with Crippen molar-refractivity contribution in [2.24, 2.45) is 0 Å². The number of hydrogen-bond donors (Lipinski definition) is 3. The van der Waals surface area contributed by atoms with Gasteiger partial charge in [0, 0.05) is 43.1 Å². The van der Waals surface area contributed by atoms with E-state index in [1.54, 1.807) is 19.4 Å². The number of benzene rings is 1. The van der Waals surface area contributed by atoms with Gasteiger partial charge in [-0.2, -0.15) is 4.98 Å². The number of rotatable bonds is 4. The summed E-state index contributed by atoms with van der Waals surface area (Å²) >= 11 is 0. The van der Waals surface area contributed by atoms with E-state index in [-0.39, 0.29) is 5.91 Å². The molecule has 4 heterocycles. The van der Waals surface area contributed by atoms with Gasteiger partial charge in [0.1, 0.15) is 5.52 Å². The van der Waals surface area contributed by atoms with Crippen molar-refractivity contribution in [2.45, 2.75) is 44.6 Å². The van der Waals surface area contributed by atoms with Crippen molar-refractivity contribution in [3.05, 3.63) is 36.1 Å². The Morgan fingerprint density at radius 2 is 1.94 bits per heavy atom. The number of aromatic nitrogens is 2. The van der Waals surface area contributed by atoms with Gasteiger partial charge in [0.05, 0.1) is 11.7 Å². The lowest BCUT2D eigenvalue weighted by Crippen LogP contribution is -2.54. The highest BCUT2D eigenvalue weighted by Crippen LogP contribution is 2.39. The topological polar surface area (TPSA) is 124 Å². The second-order valence-electron chi connectivity index (χ2n) is 9.80. The molecule has 1 fully saturated rings. The first-order valence-electron chi connectivity index (χ1n) is 11.3. The summed E-state index contributed by atoms with van der Waals surface area (Å²) in [5.74, 6) is 1.07. The van der Waals surface area contributed by atoms with Gasteiger partial charge in [-0.05, 0) is 51.3 Å². The van der Waals surface area contributed by atoms with Crippen molar-refractivity contribution in [3.8, 4) is 0 Å². The van der Waals surface area contributed by atoms with Gasteiger partial charge in [-0.25, -0.2) is 9.78 Å². The Hall–Kier alpha value is -3.82. The van der Waals surface area contributed by atoms with Crippen LogP contribution in [0.3, 0.4) is 0 Å². The second kappa shape index (κ2) is 7.61. The monoisotopic (exact) mass is 464 g/mol. The van der Waals surface area contributed by atoms with E-state index in [9.17, 15) is 14.7 Å². The van der Waals surface area contributed by atoms with Crippen LogP contribution in [0.25, 0.3) is 11.1 Å². The lowest BCUT2D eigenvalue weighted by atomic mass is 9.86. The van der Waals surface area contributed by atoms with Gasteiger partial charge in [0.25, 0.3) is 0 Å². The van der Waals surface area contributed by atoms with Crippen LogP contribution in [-0.4, -0.2) is 57.7 Å². The van der Waals surface area contributed by atoms with E-state index in [1.165, 1.54) is 4.90 Å². The quantitative estimate of drug-likeness (QED) is 0.526. The van der Waals surface area contributed by atoms with Crippen molar-refractivity contribution < 1.29 is 19.1 Å². The predicted molar refractivity (Wildman–Crippen MR) is 129 cm³/mol. The summed E-state index contributed by atoms with van der Waals surface area (Å²) in [7, 11) is 1.62. The molecule has 1 aromatic carbocycles. The largest absolute Gasteiger partial charge is 0.465 e. The number of piperidine rings is 1. The average molecular weight is 465 g/mol. The SMILES string of the molecule is CN(C(=O)O)C1(C)CCN(c2nc(Nc3ccc4c(c3)NC(=O)C4(C)C)nc3ccoc23)CC1. The van der Waals surface area contributed by atoms with Gasteiger partial charge >= 0.3 is 6.09 Å². The molecule has 0 saturated carbocycles. The molecular weight excluding hydrogens is 436 g/mol. The highest BCUT2D eigenvalue weighted by molar-refractivity contribution is 6.06. The molecule has 10 nitrogen and oxygen atoms in total. The van der Waals surface area contributed by atoms with Crippen LogP contribution in [0.5, 0.6) is 0 Å². The van der Waals surface area contributed by atoms with Crippen LogP contribution in [0.1, 0.15) is 39.2 Å². The number of carbonyl (C=O) groups is 2. The predicted octanol–water partition coefficient (Wildman–Crippen LogP) is 4.16. The van der Waals surface area contributed by atoms with E-state index in [0.29, 0.717) is 48.8 Å². The van der Waals surface area contributed by atoms with E-state index in [1.807, 2.05) is 39.0 Å². The van der Waals surface area contributed by atoms with Crippen molar-refractivity contribution in [3.63, 3.8) is 0 Å². The van der Waals surface area contributed by atoms with Gasteiger partial charge in [-0.15, -0.1) is 0 Å². The number of furan rings is 1. The fourth-order valence-corrected chi connectivity index (χ4v) is 4.69. The molecule has 2 aromatic heterocycles. The van der Waals surface area contributed by atoms with Crippen LogP contribution < -0.4 is 15.5 Å². The zero-order valence-electron chi connectivity index (χ0n) is 19.7. The second-order valence-corrected chi connectivity index (χ2v) is 9.80. The number of hydrogen-bond acceptors (Lipinski definition) is 7. The van der Waals surface area contributed by atoms with Crippen molar-refractivity contribution in [1.29, 1.82) is 0 Å². The van der Waals surface area contributed by atoms with Gasteiger partial charge in [-0.1, -0.05) is 6.07 Å². The maximum atomic E-state index is 12.3. The molecular formula is C24H28N6O4. The number of anilines is 4. The third-order valence-electron chi connectivity index (χ3n) is 7.29. The van der Waals surface area contributed by atoms with Crippen molar-refractivity contribution >= 4 is 46.2 Å². The third-order valence-corrected chi connectivity index (χ3v) is 7.29. The zero-order valence-corrected chi connectivity index (χ0v) is 19.7. The molecule has 0 bridgehead atoms. The number of carboxylic acid groups (broad SMARTS) is 1. The Morgan fingerprint density at radius 1 is 1.21 bits per heavy atom. The molecule has 2 aliphatic heterocycles. The molecule has 34 heavy (non-hydrogen) atoms. The molecule has 0 radical (unpaired) electrons. The first-order chi connectivity index (χ1) is 16.1. The maximum Gasteiger partial charge on any atom is 0.407 e. The standard InChI is InChI=1S/C24H28N6O4/c1-23(2)15-6-5-14(13-17(15)26-20(23)31)25-21-27-16-7-12-34-18(16)19(28-21)30-10-8-24(3,9-11-30)29(4)22(32)33/h5-7,12-13H,8-11H2,1-4H3,(H,26,31)(H,32,33)(H,25,27,28). The van der Waals surface area contributed by atoms with E-state index >= 15 is 0 Å². The summed E-state index contributed by atoms with van der Waals surface area (Å²) in [5.41, 5.74) is 2.79. The van der Waals surface area contributed by atoms with Crippen LogP contribution in [-0.2, 0) is 10.2 Å². The fourth-order valence-electron chi connectivity index (χ4n) is 4.69. The highest BCUT2D eigenvalue weighted by atomic mass is 16.4. The maximum absolute atomic E-state index is 12.3. The van der Waals surface area contributed by atoms with Crippen LogP contribution in [0, 0.1) is 0 Å². The fraction of sp³-hybridized carbons (Fsp3) is 0.417. The van der Waals surface area contributed by atoms with Crippen molar-refractivity contribution in [2.75, 3.05) is 35.7 Å². The molecule has 3 N–H and O–H groups in total. The molecule has 1 saturated heterocycles. The first-order valence-corrected chi connectivity index (χ1v) is 11.3. The molecule has 0 unspecified atom stereocenters. The minimum Gasteiger partial charge on any atom is -0.465 e. The molecule has 10 heteroatoms. The van der Waals surface area contributed by atoms with E-state index in [4.69, 9.17) is 9.40 Å². The molecule has 0 spiro atoms. The molecule has 0 aliphatic carbocycles. The smallest absolute Gasteiger partial charge is 0.407 e. The first kappa shape index (κ1) is 22.0. The minimum atomic E-state index is -0.924. The molecule has 2 amide bonds. The number of amides is 2. The number of fused-ring (bicyclic) bond motifs is 2. The third kappa shape index (κ3) is 3.49. The summed E-state index contributed by atoms with van der Waals surface area (Å²) < 4.78 is 5.69. The van der Waals surface area contributed by atoms with E-state index < -0.39 is 17.0 Å². The molecule has 2 aliphatic rings. The van der Waals surface area contributed by atoms with Crippen LogP contribution >= 0.6 is 0 Å². The summed E-state index contributed by atoms with van der Waals surface area (Å²) in [6.07, 6.45) is 2.01. The van der Waals surface area contributed by atoms with E-state index in [0.717, 1.165) is 16.9 Å². The summed E-state index contributed by atoms with van der Waals surface area (Å²) in [6, 6.07) is 7.54. The van der Waals surface area contributed by atoms with Crippen LogP contribution in [0.2, 0.25) is 0 Å². The Labute approximate surface area is 197 Å². The average Bonchev–Trinajstić information content (AvgIpc) is 3.35. The summed E-state index contributed by atoms with van der Waals surface area (Å²) in [4.78, 5) is 36.6. The Kier molecular flexibility index (Phi) is 4.92. The van der Waals surface area contributed by atoms with Crippen molar-refractivity contribution in [1.82, 2.24) is 14.9 Å². The summed E-state index contributed by atoms with van der Waals surface area (Å²) in [6.45, 7) is 7.06. The molecule has 178 valence electrons. The minimum absolute atomic E-state index is 0.0244. The molecule has 5 rings (SSSR count). The highest BCUT2D eigenvalue weighted by Gasteiger charge is 2.39.